The molecule has 2 aliphatic rings. The van der Waals surface area contributed by atoms with Gasteiger partial charge in [-0.25, -0.2) is 4.79 Å². The molecular formula is C26H32N2O4. The third-order valence-electron chi connectivity index (χ3n) is 7.03. The van der Waals surface area contributed by atoms with E-state index in [-0.39, 0.29) is 11.9 Å². The first kappa shape index (κ1) is 22.2. The van der Waals surface area contributed by atoms with Gasteiger partial charge in [0.05, 0.1) is 11.6 Å². The van der Waals surface area contributed by atoms with Crippen LogP contribution in [0.2, 0.25) is 0 Å². The van der Waals surface area contributed by atoms with E-state index in [4.69, 9.17) is 4.74 Å². The maximum atomic E-state index is 12.6. The number of piperazine rings is 1. The van der Waals surface area contributed by atoms with E-state index in [0.29, 0.717) is 32.5 Å². The second kappa shape index (κ2) is 8.15. The van der Waals surface area contributed by atoms with Crippen LogP contribution in [0.4, 0.5) is 4.79 Å². The number of nitrogens with zero attached hydrogens (tertiary/aromatic N) is 2. The van der Waals surface area contributed by atoms with E-state index >= 15 is 0 Å². The van der Waals surface area contributed by atoms with Gasteiger partial charge in [-0.1, -0.05) is 57.2 Å². The summed E-state index contributed by atoms with van der Waals surface area (Å²) in [5.41, 5.74) is 1.73. The lowest BCUT2D eigenvalue weighted by Gasteiger charge is -2.60. The second-order valence-electron chi connectivity index (χ2n) is 9.84. The summed E-state index contributed by atoms with van der Waals surface area (Å²) >= 11 is 0. The maximum absolute atomic E-state index is 12.6. The Balaban J connectivity index is 1.77. The molecule has 0 aromatic heterocycles. The molecule has 2 amide bonds. The molecule has 2 aromatic carbocycles. The number of carbonyl (C=O) groups excluding carboxylic acids is 1. The summed E-state index contributed by atoms with van der Waals surface area (Å²) in [4.78, 5) is 28.6. The van der Waals surface area contributed by atoms with E-state index in [2.05, 4.69) is 20.8 Å². The first-order chi connectivity index (χ1) is 15.2. The smallest absolute Gasteiger partial charge is 0.408 e. The Hall–Kier alpha value is -3.02. The van der Waals surface area contributed by atoms with Crippen molar-refractivity contribution in [1.29, 1.82) is 0 Å². The van der Waals surface area contributed by atoms with E-state index < -0.39 is 17.0 Å². The average Bonchev–Trinajstić information content (AvgIpc) is 3.13. The van der Waals surface area contributed by atoms with Gasteiger partial charge in [-0.2, -0.15) is 0 Å². The molecule has 0 spiro atoms. The Kier molecular flexibility index (Phi) is 5.65. The van der Waals surface area contributed by atoms with Crippen LogP contribution in [-0.4, -0.2) is 46.0 Å². The Morgan fingerprint density at radius 1 is 1.16 bits per heavy atom. The number of aryl methyl sites for hydroxylation is 1. The lowest BCUT2D eigenvalue weighted by atomic mass is 9.61. The highest BCUT2D eigenvalue weighted by Crippen LogP contribution is 2.54. The van der Waals surface area contributed by atoms with Gasteiger partial charge < -0.3 is 14.7 Å². The Morgan fingerprint density at radius 2 is 1.88 bits per heavy atom. The molecule has 0 aliphatic carbocycles. The Morgan fingerprint density at radius 3 is 2.50 bits per heavy atom. The van der Waals surface area contributed by atoms with E-state index in [1.165, 1.54) is 0 Å². The number of rotatable bonds is 4. The molecule has 170 valence electrons. The number of fused-ring (bicyclic) bond motifs is 1. The fraction of sp³-hybridized carbons (Fsp3) is 0.462. The minimum absolute atomic E-state index is 0.120. The highest BCUT2D eigenvalue weighted by atomic mass is 16.5. The quantitative estimate of drug-likeness (QED) is 0.747. The molecule has 6 nitrogen and oxygen atoms in total. The van der Waals surface area contributed by atoms with E-state index in [9.17, 15) is 14.7 Å². The summed E-state index contributed by atoms with van der Waals surface area (Å²) in [6, 6.07) is 15.7. The van der Waals surface area contributed by atoms with E-state index in [0.717, 1.165) is 22.4 Å². The lowest BCUT2D eigenvalue weighted by Crippen LogP contribution is -2.70. The molecular weight excluding hydrogens is 404 g/mol. The first-order valence-corrected chi connectivity index (χ1v) is 11.2. The van der Waals surface area contributed by atoms with Gasteiger partial charge in [-0.3, -0.25) is 9.69 Å². The molecule has 2 aromatic rings. The molecule has 2 heterocycles. The lowest BCUT2D eigenvalue weighted by molar-refractivity contribution is -0.141. The molecule has 0 bridgehead atoms. The molecule has 2 atom stereocenters. The molecule has 2 aliphatic heterocycles. The zero-order valence-corrected chi connectivity index (χ0v) is 19.3. The van der Waals surface area contributed by atoms with Crippen molar-refractivity contribution in [3.63, 3.8) is 0 Å². The van der Waals surface area contributed by atoms with Gasteiger partial charge in [0, 0.05) is 19.5 Å². The average molecular weight is 437 g/mol. The molecule has 2 saturated heterocycles. The third kappa shape index (κ3) is 3.51. The van der Waals surface area contributed by atoms with E-state index in [1.807, 2.05) is 60.4 Å². The normalized spacial score (nSPS) is 23.2. The second-order valence-corrected chi connectivity index (χ2v) is 9.84. The van der Waals surface area contributed by atoms with Gasteiger partial charge in [0.15, 0.2) is 0 Å². The summed E-state index contributed by atoms with van der Waals surface area (Å²) in [5.74, 6) is 0.866. The number of benzene rings is 2. The maximum Gasteiger partial charge on any atom is 0.408 e. The standard InChI is InChI=1S/C26H32N2O4/c1-18-16-20(32-17-19-8-6-5-7-9-19)10-11-21(18)26(25(2,3)4)22-12-13-23(29)27(22)14-15-28(26)24(30)31/h5-11,16,22H,12-15,17H2,1-4H3,(H,30,31)/t22-,26-/m0/s1. The minimum Gasteiger partial charge on any atom is -0.489 e. The zero-order valence-electron chi connectivity index (χ0n) is 19.3. The van der Waals surface area contributed by atoms with Crippen molar-refractivity contribution in [2.24, 2.45) is 5.41 Å². The van der Waals surface area contributed by atoms with Gasteiger partial charge in [-0.05, 0) is 47.6 Å². The number of hydrogen-bond donors (Lipinski definition) is 1. The number of hydrogen-bond acceptors (Lipinski definition) is 3. The van der Waals surface area contributed by atoms with Crippen LogP contribution in [0.5, 0.6) is 5.75 Å². The highest BCUT2D eigenvalue weighted by molar-refractivity contribution is 5.80. The summed E-state index contributed by atoms with van der Waals surface area (Å²) in [6.07, 6.45) is 0.182. The number of carboxylic acid groups (broad SMARTS) is 1. The van der Waals surface area contributed by atoms with E-state index in [1.54, 1.807) is 4.90 Å². The van der Waals surface area contributed by atoms with Crippen molar-refractivity contribution in [1.82, 2.24) is 9.80 Å². The van der Waals surface area contributed by atoms with Gasteiger partial charge >= 0.3 is 6.09 Å². The summed E-state index contributed by atoms with van der Waals surface area (Å²) in [7, 11) is 0. The van der Waals surface area contributed by atoms with Crippen molar-refractivity contribution in [3.05, 3.63) is 65.2 Å². The molecule has 4 rings (SSSR count). The molecule has 32 heavy (non-hydrogen) atoms. The summed E-state index contributed by atoms with van der Waals surface area (Å²) in [5, 5.41) is 10.2. The molecule has 1 N–H and O–H groups in total. The monoisotopic (exact) mass is 436 g/mol. The predicted molar refractivity (Wildman–Crippen MR) is 123 cm³/mol. The van der Waals surface area contributed by atoms with Crippen LogP contribution >= 0.6 is 0 Å². The molecule has 2 fully saturated rings. The van der Waals surface area contributed by atoms with Crippen LogP contribution in [0.25, 0.3) is 0 Å². The van der Waals surface area contributed by atoms with Crippen molar-refractivity contribution < 1.29 is 19.4 Å². The SMILES string of the molecule is Cc1cc(OCc2ccccc2)ccc1[C@@]1(C(C)(C)C)[C@@H]2CCC(=O)N2CCN1C(=O)O. The third-order valence-corrected chi connectivity index (χ3v) is 7.03. The summed E-state index contributed by atoms with van der Waals surface area (Å²) in [6.45, 7) is 9.47. The fourth-order valence-corrected chi connectivity index (χ4v) is 5.79. The molecule has 0 saturated carbocycles. The van der Waals surface area contributed by atoms with Crippen LogP contribution in [0.3, 0.4) is 0 Å². The van der Waals surface area contributed by atoms with Gasteiger partial charge in [0.25, 0.3) is 0 Å². The van der Waals surface area contributed by atoms with Crippen LogP contribution < -0.4 is 4.74 Å². The summed E-state index contributed by atoms with van der Waals surface area (Å²) < 4.78 is 6.02. The Labute approximate surface area is 189 Å². The van der Waals surface area contributed by atoms with Crippen LogP contribution in [0, 0.1) is 12.3 Å². The van der Waals surface area contributed by atoms with Gasteiger partial charge in [-0.15, -0.1) is 0 Å². The fourth-order valence-electron chi connectivity index (χ4n) is 5.79. The number of carbonyl (C=O) groups is 2. The molecule has 0 radical (unpaired) electrons. The van der Waals surface area contributed by atoms with Gasteiger partial charge in [0.1, 0.15) is 12.4 Å². The van der Waals surface area contributed by atoms with Crippen molar-refractivity contribution in [2.45, 2.75) is 58.7 Å². The van der Waals surface area contributed by atoms with Crippen molar-refractivity contribution >= 4 is 12.0 Å². The molecule has 6 heteroatoms. The van der Waals surface area contributed by atoms with Crippen molar-refractivity contribution in [3.8, 4) is 5.75 Å². The first-order valence-electron chi connectivity index (χ1n) is 11.2. The van der Waals surface area contributed by atoms with Crippen LogP contribution in [0.15, 0.2) is 48.5 Å². The Bertz CT molecular complexity index is 1010. The van der Waals surface area contributed by atoms with Crippen molar-refractivity contribution in [2.75, 3.05) is 13.1 Å². The minimum atomic E-state index is -0.942. The van der Waals surface area contributed by atoms with Crippen LogP contribution in [-0.2, 0) is 16.9 Å². The molecule has 0 unspecified atom stereocenters. The topological polar surface area (TPSA) is 70.1 Å². The van der Waals surface area contributed by atoms with Crippen LogP contribution in [0.1, 0.15) is 50.3 Å². The largest absolute Gasteiger partial charge is 0.489 e. The van der Waals surface area contributed by atoms with Gasteiger partial charge in [0.2, 0.25) is 5.91 Å². The predicted octanol–water partition coefficient (Wildman–Crippen LogP) is 4.80. The zero-order chi connectivity index (χ0) is 23.1. The number of ether oxygens (including phenoxy) is 1. The number of amides is 2. The highest BCUT2D eigenvalue weighted by Gasteiger charge is 2.61.